The van der Waals surface area contributed by atoms with Crippen LogP contribution in [0.3, 0.4) is 0 Å². The van der Waals surface area contributed by atoms with E-state index in [-0.39, 0.29) is 5.56 Å². The van der Waals surface area contributed by atoms with E-state index in [0.717, 1.165) is 11.4 Å². The molecule has 0 aliphatic carbocycles. The lowest BCUT2D eigenvalue weighted by Gasteiger charge is -2.22. The normalized spacial score (nSPS) is 12.1. The number of anilines is 2. The third-order valence-corrected chi connectivity index (χ3v) is 3.08. The topological polar surface area (TPSA) is 28.2 Å². The number of nitrogens with zero attached hydrogens (tertiary/aromatic N) is 2. The Hall–Kier alpha value is -2.17. The highest BCUT2D eigenvalue weighted by atomic mass is 19.1. The zero-order valence-corrected chi connectivity index (χ0v) is 11.7. The first-order valence-electron chi connectivity index (χ1n) is 6.32. The van der Waals surface area contributed by atoms with Crippen LogP contribution in [0.1, 0.15) is 18.5 Å². The number of benzene rings is 1. The first kappa shape index (κ1) is 14.2. The predicted octanol–water partition coefficient (Wildman–Crippen LogP) is 3.60. The van der Waals surface area contributed by atoms with Crippen LogP contribution < -0.4 is 10.2 Å². The summed E-state index contributed by atoms with van der Waals surface area (Å²) in [4.78, 5) is 5.95. The molecule has 0 saturated heterocycles. The van der Waals surface area contributed by atoms with Crippen molar-refractivity contribution in [3.8, 4) is 0 Å². The summed E-state index contributed by atoms with van der Waals surface area (Å²) in [5.41, 5.74) is 1.66. The van der Waals surface area contributed by atoms with Crippen molar-refractivity contribution in [2.24, 2.45) is 0 Å². The van der Waals surface area contributed by atoms with Crippen molar-refractivity contribution in [2.45, 2.75) is 13.0 Å². The van der Waals surface area contributed by atoms with Gasteiger partial charge in [0.25, 0.3) is 0 Å². The maximum atomic E-state index is 13.8. The zero-order chi connectivity index (χ0) is 14.7. The summed E-state index contributed by atoms with van der Waals surface area (Å²) in [6, 6.07) is 5.21. The molecule has 0 radical (unpaired) electrons. The lowest BCUT2D eigenvalue weighted by molar-refractivity contribution is 0.544. The highest BCUT2D eigenvalue weighted by Gasteiger charge is 2.17. The largest absolute Gasteiger partial charge is 0.376 e. The van der Waals surface area contributed by atoms with E-state index in [9.17, 15) is 8.78 Å². The fraction of sp³-hybridized carbons (Fsp3) is 0.267. The second kappa shape index (κ2) is 5.86. The molecule has 0 spiro atoms. The second-order valence-corrected chi connectivity index (χ2v) is 4.79. The molecule has 106 valence electrons. The highest BCUT2D eigenvalue weighted by Crippen LogP contribution is 2.29. The Labute approximate surface area is 117 Å². The standard InChI is InChI=1S/C15H17F2N3/c1-10(15-11(16)5-4-6-12(15)17)19-13-9-18-8-7-14(13)20(2)3/h4-10,19H,1-3H3. The number of hydrogen-bond acceptors (Lipinski definition) is 3. The van der Waals surface area contributed by atoms with Gasteiger partial charge in [-0.2, -0.15) is 0 Å². The quantitative estimate of drug-likeness (QED) is 0.925. The van der Waals surface area contributed by atoms with Crippen molar-refractivity contribution < 1.29 is 8.78 Å². The molecule has 20 heavy (non-hydrogen) atoms. The average Bonchev–Trinajstić information content (AvgIpc) is 2.38. The van der Waals surface area contributed by atoms with Crippen LogP contribution in [0.25, 0.3) is 0 Å². The van der Waals surface area contributed by atoms with Gasteiger partial charge < -0.3 is 10.2 Å². The summed E-state index contributed by atoms with van der Waals surface area (Å²) >= 11 is 0. The van der Waals surface area contributed by atoms with Crippen LogP contribution in [0.5, 0.6) is 0 Å². The molecule has 0 bridgehead atoms. The smallest absolute Gasteiger partial charge is 0.131 e. The summed E-state index contributed by atoms with van der Waals surface area (Å²) in [5, 5.41) is 3.11. The molecule has 0 fully saturated rings. The van der Waals surface area contributed by atoms with E-state index in [2.05, 4.69) is 10.3 Å². The van der Waals surface area contributed by atoms with Crippen molar-refractivity contribution in [3.63, 3.8) is 0 Å². The van der Waals surface area contributed by atoms with Crippen molar-refractivity contribution >= 4 is 11.4 Å². The third kappa shape index (κ3) is 2.87. The second-order valence-electron chi connectivity index (χ2n) is 4.79. The van der Waals surface area contributed by atoms with Gasteiger partial charge in [0.15, 0.2) is 0 Å². The van der Waals surface area contributed by atoms with Crippen LogP contribution in [0.4, 0.5) is 20.2 Å². The molecule has 0 amide bonds. The highest BCUT2D eigenvalue weighted by molar-refractivity contribution is 5.68. The lowest BCUT2D eigenvalue weighted by atomic mass is 10.1. The van der Waals surface area contributed by atoms with Gasteiger partial charge in [0.2, 0.25) is 0 Å². The van der Waals surface area contributed by atoms with E-state index in [1.165, 1.54) is 18.2 Å². The number of aromatic nitrogens is 1. The monoisotopic (exact) mass is 277 g/mol. The molecule has 3 nitrogen and oxygen atoms in total. The predicted molar refractivity (Wildman–Crippen MR) is 77.0 cm³/mol. The van der Waals surface area contributed by atoms with Crippen LogP contribution in [0.15, 0.2) is 36.7 Å². The summed E-state index contributed by atoms with van der Waals surface area (Å²) < 4.78 is 27.5. The number of nitrogens with one attached hydrogen (secondary N) is 1. The molecule has 2 rings (SSSR count). The molecule has 1 heterocycles. The molecule has 1 unspecified atom stereocenters. The Morgan fingerprint density at radius 3 is 2.40 bits per heavy atom. The first-order valence-corrected chi connectivity index (χ1v) is 6.32. The fourth-order valence-electron chi connectivity index (χ4n) is 2.12. The molecule has 0 aliphatic heterocycles. The van der Waals surface area contributed by atoms with Gasteiger partial charge in [-0.3, -0.25) is 4.98 Å². The Bertz CT molecular complexity index is 579. The maximum Gasteiger partial charge on any atom is 0.131 e. The van der Waals surface area contributed by atoms with Crippen molar-refractivity contribution in [1.29, 1.82) is 0 Å². The molecule has 5 heteroatoms. The third-order valence-electron chi connectivity index (χ3n) is 3.08. The van der Waals surface area contributed by atoms with E-state index in [1.54, 1.807) is 19.3 Å². The van der Waals surface area contributed by atoms with Gasteiger partial charge in [0.05, 0.1) is 23.6 Å². The number of pyridine rings is 1. The van der Waals surface area contributed by atoms with Gasteiger partial charge in [-0.1, -0.05) is 6.07 Å². The number of hydrogen-bond donors (Lipinski definition) is 1. The van der Waals surface area contributed by atoms with E-state index >= 15 is 0 Å². The molecular weight excluding hydrogens is 260 g/mol. The van der Waals surface area contributed by atoms with E-state index < -0.39 is 17.7 Å². The lowest BCUT2D eigenvalue weighted by Crippen LogP contribution is -2.15. The van der Waals surface area contributed by atoms with E-state index in [1.807, 2.05) is 25.1 Å². The minimum atomic E-state index is -0.555. The summed E-state index contributed by atoms with van der Waals surface area (Å²) in [7, 11) is 3.80. The number of halogens is 2. The maximum absolute atomic E-state index is 13.8. The van der Waals surface area contributed by atoms with Gasteiger partial charge in [-0.05, 0) is 25.1 Å². The molecule has 1 aromatic carbocycles. The molecule has 0 aliphatic rings. The summed E-state index contributed by atoms with van der Waals surface area (Å²) in [5.74, 6) is -1.11. The fourth-order valence-corrected chi connectivity index (χ4v) is 2.12. The van der Waals surface area contributed by atoms with Crippen LogP contribution in [-0.4, -0.2) is 19.1 Å². The summed E-state index contributed by atoms with van der Waals surface area (Å²) in [6.45, 7) is 1.72. The van der Waals surface area contributed by atoms with Crippen LogP contribution in [0.2, 0.25) is 0 Å². The molecule has 2 aromatic rings. The van der Waals surface area contributed by atoms with Gasteiger partial charge in [0.1, 0.15) is 11.6 Å². The average molecular weight is 277 g/mol. The summed E-state index contributed by atoms with van der Waals surface area (Å²) in [6.07, 6.45) is 3.32. The van der Waals surface area contributed by atoms with E-state index in [0.29, 0.717) is 0 Å². The van der Waals surface area contributed by atoms with Crippen molar-refractivity contribution in [2.75, 3.05) is 24.3 Å². The molecule has 1 N–H and O–H groups in total. The van der Waals surface area contributed by atoms with Crippen LogP contribution in [0, 0.1) is 11.6 Å². The molecule has 0 saturated carbocycles. The van der Waals surface area contributed by atoms with Gasteiger partial charge in [0, 0.05) is 25.9 Å². The Morgan fingerprint density at radius 2 is 1.80 bits per heavy atom. The minimum absolute atomic E-state index is 0.0288. The Morgan fingerprint density at radius 1 is 1.15 bits per heavy atom. The molecule has 1 aromatic heterocycles. The minimum Gasteiger partial charge on any atom is -0.376 e. The number of rotatable bonds is 4. The van der Waals surface area contributed by atoms with Crippen LogP contribution >= 0.6 is 0 Å². The van der Waals surface area contributed by atoms with E-state index in [4.69, 9.17) is 0 Å². The van der Waals surface area contributed by atoms with Gasteiger partial charge >= 0.3 is 0 Å². The van der Waals surface area contributed by atoms with Crippen LogP contribution in [-0.2, 0) is 0 Å². The Balaban J connectivity index is 2.31. The van der Waals surface area contributed by atoms with Gasteiger partial charge in [-0.25, -0.2) is 8.78 Å². The first-order chi connectivity index (χ1) is 9.50. The SMILES string of the molecule is CC(Nc1cnccc1N(C)C)c1c(F)cccc1F. The molecule has 1 atom stereocenters. The zero-order valence-electron chi connectivity index (χ0n) is 11.7. The Kier molecular flexibility index (Phi) is 4.17. The van der Waals surface area contributed by atoms with Gasteiger partial charge in [-0.15, -0.1) is 0 Å². The van der Waals surface area contributed by atoms with Crippen molar-refractivity contribution in [1.82, 2.24) is 4.98 Å². The van der Waals surface area contributed by atoms with Crippen molar-refractivity contribution in [3.05, 3.63) is 53.9 Å². The molecular formula is C15H17F2N3.